The van der Waals surface area contributed by atoms with Gasteiger partial charge in [-0.1, -0.05) is 23.7 Å². The summed E-state index contributed by atoms with van der Waals surface area (Å²) in [6, 6.07) is 10.3. The number of aliphatic hydroxyl groups is 1. The lowest BCUT2D eigenvalue weighted by Crippen LogP contribution is -2.35. The normalized spacial score (nSPS) is 18.3. The Hall–Kier alpha value is -3.03. The Kier molecular flexibility index (Phi) is 6.34. The van der Waals surface area contributed by atoms with Crippen LogP contribution in [0.4, 0.5) is 0 Å². The van der Waals surface area contributed by atoms with Crippen molar-refractivity contribution in [3.8, 4) is 11.5 Å². The lowest BCUT2D eigenvalue weighted by atomic mass is 9.95. The minimum atomic E-state index is -0.804. The summed E-state index contributed by atoms with van der Waals surface area (Å²) in [5.41, 5.74) is 0.592. The van der Waals surface area contributed by atoms with Gasteiger partial charge in [-0.25, -0.2) is 0 Å². The zero-order valence-corrected chi connectivity index (χ0v) is 17.7. The molecule has 2 aromatic rings. The first-order valence-electron chi connectivity index (χ1n) is 9.30. The van der Waals surface area contributed by atoms with E-state index in [1.165, 1.54) is 24.1 Å². The molecule has 158 valence electrons. The van der Waals surface area contributed by atoms with Crippen molar-refractivity contribution in [1.82, 2.24) is 9.80 Å². The van der Waals surface area contributed by atoms with Crippen LogP contribution in [0.5, 0.6) is 11.5 Å². The molecule has 1 fully saturated rings. The number of aromatic hydroxyl groups is 1. The van der Waals surface area contributed by atoms with Crippen LogP contribution in [-0.2, 0) is 9.59 Å². The number of hydrogen-bond acceptors (Lipinski definition) is 6. The van der Waals surface area contributed by atoms with E-state index in [-0.39, 0.29) is 23.4 Å². The molecule has 2 N–H and O–H groups in total. The van der Waals surface area contributed by atoms with Crippen LogP contribution in [0.2, 0.25) is 5.02 Å². The number of hydrogen-bond donors (Lipinski definition) is 2. The highest BCUT2D eigenvalue weighted by molar-refractivity contribution is 6.46. The van der Waals surface area contributed by atoms with E-state index in [0.29, 0.717) is 22.9 Å². The van der Waals surface area contributed by atoms with Crippen molar-refractivity contribution in [3.05, 3.63) is 64.2 Å². The summed E-state index contributed by atoms with van der Waals surface area (Å²) in [6.45, 7) is 0.821. The van der Waals surface area contributed by atoms with Crippen molar-refractivity contribution in [2.75, 3.05) is 34.3 Å². The molecule has 0 unspecified atom stereocenters. The molecule has 0 aliphatic carbocycles. The van der Waals surface area contributed by atoms with Crippen LogP contribution >= 0.6 is 11.6 Å². The molecular formula is C22H23ClN2O5. The quantitative estimate of drug-likeness (QED) is 0.416. The minimum absolute atomic E-state index is 0.0420. The van der Waals surface area contributed by atoms with E-state index < -0.39 is 23.5 Å². The molecule has 1 amide bonds. The van der Waals surface area contributed by atoms with E-state index in [4.69, 9.17) is 16.3 Å². The fourth-order valence-electron chi connectivity index (χ4n) is 3.39. The number of Topliss-reactive ketones (excluding diaryl/α,β-unsaturated/α-hetero) is 1. The topological polar surface area (TPSA) is 90.3 Å². The Morgan fingerprint density at radius 1 is 1.17 bits per heavy atom. The largest absolute Gasteiger partial charge is 0.507 e. The Morgan fingerprint density at radius 2 is 1.83 bits per heavy atom. The van der Waals surface area contributed by atoms with E-state index in [1.807, 2.05) is 19.0 Å². The number of phenols is 1. The van der Waals surface area contributed by atoms with E-state index in [9.17, 15) is 19.8 Å². The second-order valence-corrected chi connectivity index (χ2v) is 7.67. The first-order chi connectivity index (χ1) is 14.2. The van der Waals surface area contributed by atoms with Gasteiger partial charge in [0.1, 0.15) is 17.3 Å². The molecule has 7 nitrogen and oxygen atoms in total. The minimum Gasteiger partial charge on any atom is -0.507 e. The fourth-order valence-corrected chi connectivity index (χ4v) is 3.52. The van der Waals surface area contributed by atoms with Crippen molar-refractivity contribution in [2.24, 2.45) is 0 Å². The number of likely N-dealkylation sites (N-methyl/N-ethyl adjacent to an activating group) is 1. The highest BCUT2D eigenvalue weighted by Gasteiger charge is 2.46. The number of rotatable bonds is 6. The van der Waals surface area contributed by atoms with E-state index in [2.05, 4.69) is 0 Å². The first kappa shape index (κ1) is 21.7. The summed E-state index contributed by atoms with van der Waals surface area (Å²) in [5.74, 6) is -1.82. The molecule has 0 spiro atoms. The lowest BCUT2D eigenvalue weighted by Gasteiger charge is -2.26. The Balaban J connectivity index is 2.16. The maximum Gasteiger partial charge on any atom is 0.295 e. The van der Waals surface area contributed by atoms with Crippen molar-refractivity contribution >= 4 is 29.1 Å². The van der Waals surface area contributed by atoms with Gasteiger partial charge in [0.15, 0.2) is 0 Å². The predicted octanol–water partition coefficient (Wildman–Crippen LogP) is 3.04. The van der Waals surface area contributed by atoms with Crippen LogP contribution in [0, 0.1) is 0 Å². The van der Waals surface area contributed by atoms with Gasteiger partial charge in [0.2, 0.25) is 0 Å². The maximum atomic E-state index is 12.9. The molecule has 8 heteroatoms. The number of amides is 1. The Labute approximate surface area is 179 Å². The smallest absolute Gasteiger partial charge is 0.295 e. The van der Waals surface area contributed by atoms with Gasteiger partial charge in [-0.2, -0.15) is 0 Å². The molecule has 3 rings (SSSR count). The number of methoxy groups -OCH3 is 1. The maximum absolute atomic E-state index is 12.9. The summed E-state index contributed by atoms with van der Waals surface area (Å²) in [4.78, 5) is 29.0. The summed E-state index contributed by atoms with van der Waals surface area (Å²) in [6.07, 6.45) is 0. The van der Waals surface area contributed by atoms with Gasteiger partial charge in [-0.3, -0.25) is 9.59 Å². The van der Waals surface area contributed by atoms with Gasteiger partial charge in [0.25, 0.3) is 11.7 Å². The van der Waals surface area contributed by atoms with Crippen molar-refractivity contribution in [2.45, 2.75) is 6.04 Å². The van der Waals surface area contributed by atoms with Crippen LogP contribution in [0.15, 0.2) is 48.0 Å². The average Bonchev–Trinajstić information content (AvgIpc) is 2.96. The van der Waals surface area contributed by atoms with Crippen molar-refractivity contribution in [3.63, 3.8) is 0 Å². The third-order valence-corrected chi connectivity index (χ3v) is 5.23. The predicted molar refractivity (Wildman–Crippen MR) is 114 cm³/mol. The number of halogens is 1. The van der Waals surface area contributed by atoms with Gasteiger partial charge in [0, 0.05) is 24.2 Å². The molecule has 0 radical (unpaired) electrons. The van der Waals surface area contributed by atoms with Crippen LogP contribution in [-0.4, -0.2) is 66.0 Å². The third-order valence-electron chi connectivity index (χ3n) is 4.97. The Bertz CT molecular complexity index is 1000. The molecule has 1 aliphatic heterocycles. The Morgan fingerprint density at radius 3 is 2.40 bits per heavy atom. The zero-order chi connectivity index (χ0) is 22.0. The van der Waals surface area contributed by atoms with Crippen molar-refractivity contribution < 1.29 is 24.5 Å². The second kappa shape index (κ2) is 8.77. The number of ether oxygens (including phenoxy) is 1. The molecule has 0 saturated carbocycles. The molecule has 0 bridgehead atoms. The molecule has 1 atom stereocenters. The SMILES string of the molecule is COc1ccc(C(O)=C2C(=O)C(=O)N(CCN(C)C)[C@@H]2c2ccc(Cl)cc2)c(O)c1. The third kappa shape index (κ3) is 4.13. The number of carbonyl (C=O) groups excluding carboxylic acids is 2. The summed E-state index contributed by atoms with van der Waals surface area (Å²) >= 11 is 6.00. The molecule has 0 aromatic heterocycles. The number of carbonyl (C=O) groups is 2. The van der Waals surface area contributed by atoms with Crippen LogP contribution in [0.3, 0.4) is 0 Å². The van der Waals surface area contributed by atoms with Gasteiger partial charge in [-0.15, -0.1) is 0 Å². The van der Waals surface area contributed by atoms with Crippen molar-refractivity contribution in [1.29, 1.82) is 0 Å². The fraction of sp³-hybridized carbons (Fsp3) is 0.273. The monoisotopic (exact) mass is 430 g/mol. The van der Waals surface area contributed by atoms with Crippen LogP contribution < -0.4 is 4.74 Å². The second-order valence-electron chi connectivity index (χ2n) is 7.23. The van der Waals surface area contributed by atoms with Gasteiger partial charge in [-0.05, 0) is 43.9 Å². The van der Waals surface area contributed by atoms with Gasteiger partial charge in [0.05, 0.1) is 24.3 Å². The van der Waals surface area contributed by atoms with E-state index in [1.54, 1.807) is 30.3 Å². The number of ketones is 1. The number of benzene rings is 2. The van der Waals surface area contributed by atoms with E-state index >= 15 is 0 Å². The molecular weight excluding hydrogens is 408 g/mol. The molecule has 1 aliphatic rings. The molecule has 30 heavy (non-hydrogen) atoms. The average molecular weight is 431 g/mol. The lowest BCUT2D eigenvalue weighted by molar-refractivity contribution is -0.140. The highest BCUT2D eigenvalue weighted by atomic mass is 35.5. The number of aliphatic hydroxyl groups excluding tert-OH is 1. The molecule has 1 heterocycles. The number of nitrogens with zero attached hydrogens (tertiary/aromatic N) is 2. The van der Waals surface area contributed by atoms with Gasteiger partial charge >= 0.3 is 0 Å². The first-order valence-corrected chi connectivity index (χ1v) is 9.68. The van der Waals surface area contributed by atoms with E-state index in [0.717, 1.165) is 0 Å². The zero-order valence-electron chi connectivity index (χ0n) is 16.9. The summed E-state index contributed by atoms with van der Waals surface area (Å²) in [5, 5.41) is 21.8. The summed E-state index contributed by atoms with van der Waals surface area (Å²) in [7, 11) is 5.18. The van der Waals surface area contributed by atoms with Gasteiger partial charge < -0.3 is 24.7 Å². The standard InChI is InChI=1S/C22H23ClN2O5/c1-24(2)10-11-25-19(13-4-6-14(23)7-5-13)18(21(28)22(25)29)20(27)16-9-8-15(30-3)12-17(16)26/h4-9,12,19,26-27H,10-11H2,1-3H3/t19-/m1/s1. The molecule has 1 saturated heterocycles. The van der Waals surface area contributed by atoms with Crippen LogP contribution in [0.1, 0.15) is 17.2 Å². The van der Waals surface area contributed by atoms with Crippen LogP contribution in [0.25, 0.3) is 5.76 Å². The number of phenolic OH excluding ortho intramolecular Hbond substituents is 1. The number of likely N-dealkylation sites (tertiary alicyclic amines) is 1. The highest BCUT2D eigenvalue weighted by Crippen LogP contribution is 2.41. The summed E-state index contributed by atoms with van der Waals surface area (Å²) < 4.78 is 5.06. The molecule has 2 aromatic carbocycles.